The highest BCUT2D eigenvalue weighted by atomic mass is 19.1. The molecule has 0 aliphatic rings. The van der Waals surface area contributed by atoms with Crippen LogP contribution in [0.15, 0.2) is 54.6 Å². The summed E-state index contributed by atoms with van der Waals surface area (Å²) in [5.74, 6) is -0.868. The Labute approximate surface area is 182 Å². The SMILES string of the molecule is Cc1cc(C)n(-c2cc(Oc3ccc(NC(=O)c4c(F)cccc4F)cc3)nc(C)n2)n1. The van der Waals surface area contributed by atoms with Crippen LogP contribution in [-0.2, 0) is 0 Å². The molecule has 0 radical (unpaired) electrons. The molecular formula is C23H19F2N5O2. The van der Waals surface area contributed by atoms with Crippen LogP contribution in [0.5, 0.6) is 11.6 Å². The number of hydrogen-bond donors (Lipinski definition) is 1. The Bertz CT molecular complexity index is 1280. The van der Waals surface area contributed by atoms with E-state index in [1.54, 1.807) is 41.9 Å². The predicted octanol–water partition coefficient (Wildman–Crippen LogP) is 4.91. The number of anilines is 1. The van der Waals surface area contributed by atoms with Crippen LogP contribution in [0.4, 0.5) is 14.5 Å². The lowest BCUT2D eigenvalue weighted by Gasteiger charge is -2.10. The maximum atomic E-state index is 13.8. The Kier molecular flexibility index (Phi) is 5.63. The predicted molar refractivity (Wildman–Crippen MR) is 114 cm³/mol. The van der Waals surface area contributed by atoms with Gasteiger partial charge in [0.1, 0.15) is 28.8 Å². The number of carbonyl (C=O) groups is 1. The van der Waals surface area contributed by atoms with E-state index in [1.165, 1.54) is 6.07 Å². The lowest BCUT2D eigenvalue weighted by Crippen LogP contribution is -2.15. The zero-order valence-electron chi connectivity index (χ0n) is 17.6. The zero-order valence-corrected chi connectivity index (χ0v) is 17.6. The molecule has 0 saturated heterocycles. The summed E-state index contributed by atoms with van der Waals surface area (Å²) in [6.07, 6.45) is 0. The van der Waals surface area contributed by atoms with Gasteiger partial charge in [0.05, 0.1) is 5.69 Å². The molecule has 162 valence electrons. The summed E-state index contributed by atoms with van der Waals surface area (Å²) in [5, 5.41) is 6.89. The average Bonchev–Trinajstić information content (AvgIpc) is 3.07. The Morgan fingerprint density at radius 3 is 2.28 bits per heavy atom. The van der Waals surface area contributed by atoms with Crippen LogP contribution in [0, 0.1) is 32.4 Å². The Balaban J connectivity index is 1.51. The number of halogens is 2. The van der Waals surface area contributed by atoms with Gasteiger partial charge in [-0.2, -0.15) is 10.1 Å². The van der Waals surface area contributed by atoms with Crippen molar-refractivity contribution in [3.8, 4) is 17.4 Å². The highest BCUT2D eigenvalue weighted by molar-refractivity contribution is 6.04. The number of aryl methyl sites for hydroxylation is 3. The van der Waals surface area contributed by atoms with Crippen LogP contribution in [0.25, 0.3) is 5.82 Å². The summed E-state index contributed by atoms with van der Waals surface area (Å²) in [6, 6.07) is 13.2. The summed E-state index contributed by atoms with van der Waals surface area (Å²) in [6.45, 7) is 5.58. The molecule has 0 aliphatic heterocycles. The molecule has 1 N–H and O–H groups in total. The van der Waals surface area contributed by atoms with Gasteiger partial charge >= 0.3 is 0 Å². The van der Waals surface area contributed by atoms with Gasteiger partial charge in [0.15, 0.2) is 5.82 Å². The number of ether oxygens (including phenoxy) is 1. The zero-order chi connectivity index (χ0) is 22.8. The van der Waals surface area contributed by atoms with Gasteiger partial charge in [-0.25, -0.2) is 18.4 Å². The number of nitrogens with one attached hydrogen (secondary N) is 1. The number of hydrogen-bond acceptors (Lipinski definition) is 5. The number of benzene rings is 2. The first-order valence-electron chi connectivity index (χ1n) is 9.73. The van der Waals surface area contributed by atoms with Crippen LogP contribution < -0.4 is 10.1 Å². The monoisotopic (exact) mass is 435 g/mol. The number of aromatic nitrogens is 4. The quantitative estimate of drug-likeness (QED) is 0.482. The maximum Gasteiger partial charge on any atom is 0.261 e. The van der Waals surface area contributed by atoms with Crippen molar-refractivity contribution in [2.45, 2.75) is 20.8 Å². The summed E-state index contributed by atoms with van der Waals surface area (Å²) < 4.78 is 35.1. The van der Waals surface area contributed by atoms with Crippen molar-refractivity contribution in [1.29, 1.82) is 0 Å². The summed E-state index contributed by atoms with van der Waals surface area (Å²) in [4.78, 5) is 20.9. The average molecular weight is 435 g/mol. The molecule has 32 heavy (non-hydrogen) atoms. The van der Waals surface area contributed by atoms with Crippen LogP contribution >= 0.6 is 0 Å². The first-order chi connectivity index (χ1) is 15.3. The number of carbonyl (C=O) groups excluding carboxylic acids is 1. The molecule has 4 aromatic rings. The van der Waals surface area contributed by atoms with E-state index in [0.717, 1.165) is 23.5 Å². The van der Waals surface area contributed by atoms with Gasteiger partial charge in [0.2, 0.25) is 5.88 Å². The fraction of sp³-hybridized carbons (Fsp3) is 0.130. The van der Waals surface area contributed by atoms with E-state index in [9.17, 15) is 13.6 Å². The van der Waals surface area contributed by atoms with Crippen LogP contribution in [-0.4, -0.2) is 25.7 Å². The standard InChI is InChI=1S/C23H19F2N5O2/c1-13-11-14(2)30(29-13)20-12-21(27-15(3)26-20)32-17-9-7-16(8-10-17)28-23(31)22-18(24)5-4-6-19(22)25/h4-12H,1-3H3,(H,28,31). The van der Waals surface area contributed by atoms with Gasteiger partial charge < -0.3 is 10.1 Å². The smallest absolute Gasteiger partial charge is 0.261 e. The van der Waals surface area contributed by atoms with Crippen molar-refractivity contribution in [3.63, 3.8) is 0 Å². The molecule has 4 rings (SSSR count). The lowest BCUT2D eigenvalue weighted by molar-refractivity contribution is 0.101. The molecule has 0 spiro atoms. The number of nitrogens with zero attached hydrogens (tertiary/aromatic N) is 4. The van der Waals surface area contributed by atoms with E-state index in [4.69, 9.17) is 4.74 Å². The van der Waals surface area contributed by atoms with Crippen molar-refractivity contribution in [1.82, 2.24) is 19.7 Å². The van der Waals surface area contributed by atoms with E-state index in [-0.39, 0.29) is 0 Å². The maximum absolute atomic E-state index is 13.8. The van der Waals surface area contributed by atoms with E-state index in [2.05, 4.69) is 20.4 Å². The van der Waals surface area contributed by atoms with Crippen molar-refractivity contribution in [2.24, 2.45) is 0 Å². The minimum atomic E-state index is -0.931. The fourth-order valence-corrected chi connectivity index (χ4v) is 3.18. The summed E-state index contributed by atoms with van der Waals surface area (Å²) in [5.41, 5.74) is 1.51. The van der Waals surface area contributed by atoms with Crippen LogP contribution in [0.1, 0.15) is 27.6 Å². The van der Waals surface area contributed by atoms with E-state index in [1.807, 2.05) is 19.9 Å². The Morgan fingerprint density at radius 1 is 0.969 bits per heavy atom. The van der Waals surface area contributed by atoms with E-state index in [0.29, 0.717) is 29.0 Å². The molecule has 1 amide bonds. The van der Waals surface area contributed by atoms with E-state index < -0.39 is 23.1 Å². The largest absolute Gasteiger partial charge is 0.439 e. The van der Waals surface area contributed by atoms with Crippen molar-refractivity contribution < 1.29 is 18.3 Å². The third kappa shape index (κ3) is 4.46. The van der Waals surface area contributed by atoms with Crippen molar-refractivity contribution in [2.75, 3.05) is 5.32 Å². The highest BCUT2D eigenvalue weighted by Gasteiger charge is 2.17. The van der Waals surface area contributed by atoms with Gasteiger partial charge in [0.25, 0.3) is 5.91 Å². The van der Waals surface area contributed by atoms with Crippen molar-refractivity contribution >= 4 is 11.6 Å². The summed E-state index contributed by atoms with van der Waals surface area (Å²) in [7, 11) is 0. The normalized spacial score (nSPS) is 10.8. The minimum Gasteiger partial charge on any atom is -0.439 e. The molecule has 9 heteroatoms. The third-order valence-electron chi connectivity index (χ3n) is 4.55. The Hall–Kier alpha value is -4.14. The molecule has 2 aromatic carbocycles. The second kappa shape index (κ2) is 8.54. The fourth-order valence-electron chi connectivity index (χ4n) is 3.18. The first kappa shape index (κ1) is 21.1. The van der Waals surface area contributed by atoms with Crippen molar-refractivity contribution in [3.05, 3.63) is 89.0 Å². The molecule has 2 heterocycles. The first-order valence-corrected chi connectivity index (χ1v) is 9.73. The molecular weight excluding hydrogens is 416 g/mol. The molecule has 0 unspecified atom stereocenters. The third-order valence-corrected chi connectivity index (χ3v) is 4.55. The molecule has 0 bridgehead atoms. The molecule has 0 aliphatic carbocycles. The van der Waals surface area contributed by atoms with Gasteiger partial charge in [-0.05, 0) is 63.2 Å². The molecule has 7 nitrogen and oxygen atoms in total. The van der Waals surface area contributed by atoms with E-state index >= 15 is 0 Å². The Morgan fingerprint density at radius 2 is 1.66 bits per heavy atom. The lowest BCUT2D eigenvalue weighted by atomic mass is 10.2. The topological polar surface area (TPSA) is 81.9 Å². The second-order valence-corrected chi connectivity index (χ2v) is 7.13. The van der Waals surface area contributed by atoms with Gasteiger partial charge in [-0.15, -0.1) is 0 Å². The molecule has 0 atom stereocenters. The van der Waals surface area contributed by atoms with Crippen LogP contribution in [0.2, 0.25) is 0 Å². The number of rotatable bonds is 5. The molecule has 0 saturated carbocycles. The van der Waals surface area contributed by atoms with Gasteiger partial charge in [-0.3, -0.25) is 4.79 Å². The minimum absolute atomic E-state index is 0.324. The second-order valence-electron chi connectivity index (χ2n) is 7.13. The van der Waals surface area contributed by atoms with Crippen LogP contribution in [0.3, 0.4) is 0 Å². The molecule has 2 aromatic heterocycles. The highest BCUT2D eigenvalue weighted by Crippen LogP contribution is 2.24. The van der Waals surface area contributed by atoms with Gasteiger partial charge in [-0.1, -0.05) is 6.07 Å². The van der Waals surface area contributed by atoms with Gasteiger partial charge in [0, 0.05) is 17.4 Å². The molecule has 0 fully saturated rings. The summed E-state index contributed by atoms with van der Waals surface area (Å²) >= 11 is 0. The number of amides is 1.